The Balaban J connectivity index is 2.30. The molecule has 2 heterocycles. The summed E-state index contributed by atoms with van der Waals surface area (Å²) < 4.78 is 7.34. The van der Waals surface area contributed by atoms with Gasteiger partial charge in [0.25, 0.3) is 0 Å². The highest BCUT2D eigenvalue weighted by Crippen LogP contribution is 2.10. The zero-order chi connectivity index (χ0) is 6.97. The second-order valence-corrected chi connectivity index (χ2v) is 2.43. The van der Waals surface area contributed by atoms with Crippen molar-refractivity contribution >= 4 is 0 Å². The molecule has 1 aliphatic heterocycles. The van der Waals surface area contributed by atoms with Crippen LogP contribution >= 0.6 is 0 Å². The highest BCUT2D eigenvalue weighted by atomic mass is 16.5. The van der Waals surface area contributed by atoms with Crippen LogP contribution in [0.5, 0.6) is 0 Å². The molecule has 0 N–H and O–H groups in total. The summed E-state index contributed by atoms with van der Waals surface area (Å²) in [6.07, 6.45) is 3.83. The number of hydrogen-bond donors (Lipinski definition) is 0. The van der Waals surface area contributed by atoms with Crippen LogP contribution in [0.3, 0.4) is 0 Å². The lowest BCUT2D eigenvalue weighted by Gasteiger charge is -2.20. The van der Waals surface area contributed by atoms with Crippen LogP contribution in [0.25, 0.3) is 0 Å². The summed E-state index contributed by atoms with van der Waals surface area (Å²) in [5.74, 6) is 1.000. The first-order chi connectivity index (χ1) is 4.86. The van der Waals surface area contributed by atoms with Crippen molar-refractivity contribution in [3.8, 4) is 0 Å². The van der Waals surface area contributed by atoms with Gasteiger partial charge in [-0.1, -0.05) is 0 Å². The Morgan fingerprint density at radius 1 is 1.80 bits per heavy atom. The SMILES string of the molecule is [CH2]C1Cn2ccnc2CO1. The van der Waals surface area contributed by atoms with Gasteiger partial charge in [0.2, 0.25) is 0 Å². The van der Waals surface area contributed by atoms with E-state index in [0.717, 1.165) is 12.4 Å². The Morgan fingerprint density at radius 3 is 3.60 bits per heavy atom. The fourth-order valence-electron chi connectivity index (χ4n) is 1.11. The Hall–Kier alpha value is -0.830. The summed E-state index contributed by atoms with van der Waals surface area (Å²) in [6, 6.07) is 0. The van der Waals surface area contributed by atoms with Crippen molar-refractivity contribution < 1.29 is 4.74 Å². The first-order valence-corrected chi connectivity index (χ1v) is 3.31. The first-order valence-electron chi connectivity index (χ1n) is 3.31. The minimum atomic E-state index is 0.0849. The molecular weight excluding hydrogens is 128 g/mol. The molecule has 0 aromatic carbocycles. The van der Waals surface area contributed by atoms with E-state index < -0.39 is 0 Å². The molecule has 3 nitrogen and oxygen atoms in total. The van der Waals surface area contributed by atoms with E-state index in [2.05, 4.69) is 16.5 Å². The molecule has 53 valence electrons. The van der Waals surface area contributed by atoms with Gasteiger partial charge in [0.15, 0.2) is 0 Å². The number of rotatable bonds is 0. The lowest BCUT2D eigenvalue weighted by Crippen LogP contribution is -2.24. The van der Waals surface area contributed by atoms with Crippen molar-refractivity contribution in [2.75, 3.05) is 0 Å². The van der Waals surface area contributed by atoms with E-state index in [4.69, 9.17) is 4.74 Å². The number of ether oxygens (including phenoxy) is 1. The molecule has 3 heteroatoms. The highest BCUT2D eigenvalue weighted by molar-refractivity contribution is 4.94. The molecule has 10 heavy (non-hydrogen) atoms. The summed E-state index contributed by atoms with van der Waals surface area (Å²) in [5, 5.41) is 0. The van der Waals surface area contributed by atoms with E-state index in [1.54, 1.807) is 6.20 Å². The van der Waals surface area contributed by atoms with Crippen molar-refractivity contribution in [3.63, 3.8) is 0 Å². The van der Waals surface area contributed by atoms with E-state index in [1.807, 2.05) is 6.20 Å². The van der Waals surface area contributed by atoms with Crippen molar-refractivity contribution in [1.29, 1.82) is 0 Å². The summed E-state index contributed by atoms with van der Waals surface area (Å²) >= 11 is 0. The molecule has 0 fully saturated rings. The average Bonchev–Trinajstić information content (AvgIpc) is 2.33. The van der Waals surface area contributed by atoms with Crippen molar-refractivity contribution in [2.24, 2.45) is 0 Å². The molecule has 0 spiro atoms. The van der Waals surface area contributed by atoms with Crippen molar-refractivity contribution in [1.82, 2.24) is 9.55 Å². The van der Waals surface area contributed by atoms with E-state index in [1.165, 1.54) is 0 Å². The minimum absolute atomic E-state index is 0.0849. The van der Waals surface area contributed by atoms with Gasteiger partial charge in [-0.2, -0.15) is 0 Å². The molecule has 1 aromatic rings. The van der Waals surface area contributed by atoms with Crippen LogP contribution in [0.15, 0.2) is 12.4 Å². The van der Waals surface area contributed by atoms with Crippen LogP contribution in [-0.2, 0) is 17.9 Å². The average molecular weight is 137 g/mol. The highest BCUT2D eigenvalue weighted by Gasteiger charge is 2.14. The molecular formula is C7H9N2O. The van der Waals surface area contributed by atoms with Gasteiger partial charge < -0.3 is 9.30 Å². The minimum Gasteiger partial charge on any atom is -0.368 e. The second-order valence-electron chi connectivity index (χ2n) is 2.43. The van der Waals surface area contributed by atoms with Gasteiger partial charge in [-0.05, 0) is 6.92 Å². The van der Waals surface area contributed by atoms with Gasteiger partial charge in [-0.15, -0.1) is 0 Å². The maximum atomic E-state index is 5.27. The normalized spacial score (nSPS) is 24.3. The molecule has 0 amide bonds. The summed E-state index contributed by atoms with van der Waals surface area (Å²) in [4.78, 5) is 4.10. The summed E-state index contributed by atoms with van der Waals surface area (Å²) in [6.45, 7) is 5.23. The maximum absolute atomic E-state index is 5.27. The van der Waals surface area contributed by atoms with Gasteiger partial charge in [0.05, 0.1) is 12.6 Å². The number of nitrogens with zero attached hydrogens (tertiary/aromatic N) is 2. The lowest BCUT2D eigenvalue weighted by atomic mass is 10.3. The quantitative estimate of drug-likeness (QED) is 0.524. The van der Waals surface area contributed by atoms with Gasteiger partial charge in [0, 0.05) is 12.4 Å². The number of hydrogen-bond acceptors (Lipinski definition) is 2. The van der Waals surface area contributed by atoms with Crippen LogP contribution in [0.2, 0.25) is 0 Å². The third-order valence-corrected chi connectivity index (χ3v) is 1.65. The third kappa shape index (κ3) is 0.827. The maximum Gasteiger partial charge on any atom is 0.134 e. The molecule has 0 saturated heterocycles. The Labute approximate surface area is 59.6 Å². The molecule has 1 aliphatic rings. The summed E-state index contributed by atoms with van der Waals surface area (Å²) in [7, 11) is 0. The number of imidazole rings is 1. The lowest BCUT2D eigenvalue weighted by molar-refractivity contribution is 0.0301. The monoisotopic (exact) mass is 137 g/mol. The van der Waals surface area contributed by atoms with Crippen LogP contribution in [0.1, 0.15) is 5.82 Å². The van der Waals surface area contributed by atoms with Crippen LogP contribution in [0.4, 0.5) is 0 Å². The second kappa shape index (κ2) is 2.09. The van der Waals surface area contributed by atoms with Gasteiger partial charge >= 0.3 is 0 Å². The topological polar surface area (TPSA) is 27.1 Å². The van der Waals surface area contributed by atoms with Crippen LogP contribution < -0.4 is 0 Å². The molecule has 0 saturated carbocycles. The molecule has 1 unspecified atom stereocenters. The number of aromatic nitrogens is 2. The Kier molecular flexibility index (Phi) is 1.24. The fourth-order valence-corrected chi connectivity index (χ4v) is 1.11. The van der Waals surface area contributed by atoms with Gasteiger partial charge in [-0.3, -0.25) is 0 Å². The van der Waals surface area contributed by atoms with Crippen LogP contribution in [-0.4, -0.2) is 15.7 Å². The summed E-state index contributed by atoms with van der Waals surface area (Å²) in [5.41, 5.74) is 0. The molecule has 2 rings (SSSR count). The van der Waals surface area contributed by atoms with E-state index in [0.29, 0.717) is 6.61 Å². The Bertz CT molecular complexity index is 231. The van der Waals surface area contributed by atoms with Crippen molar-refractivity contribution in [2.45, 2.75) is 19.3 Å². The predicted octanol–water partition coefficient (Wildman–Crippen LogP) is 0.616. The molecule has 0 bridgehead atoms. The molecule has 0 aliphatic carbocycles. The van der Waals surface area contributed by atoms with E-state index >= 15 is 0 Å². The zero-order valence-electron chi connectivity index (χ0n) is 5.66. The van der Waals surface area contributed by atoms with Gasteiger partial charge in [-0.25, -0.2) is 4.98 Å². The smallest absolute Gasteiger partial charge is 0.134 e. The molecule has 1 atom stereocenters. The largest absolute Gasteiger partial charge is 0.368 e. The first kappa shape index (κ1) is 5.92. The zero-order valence-corrected chi connectivity index (χ0v) is 5.66. The van der Waals surface area contributed by atoms with E-state index in [-0.39, 0.29) is 6.10 Å². The Morgan fingerprint density at radius 2 is 2.70 bits per heavy atom. The van der Waals surface area contributed by atoms with Crippen molar-refractivity contribution in [3.05, 3.63) is 25.1 Å². The third-order valence-electron chi connectivity index (χ3n) is 1.65. The fraction of sp³-hybridized carbons (Fsp3) is 0.429. The molecule has 1 radical (unpaired) electrons. The van der Waals surface area contributed by atoms with E-state index in [9.17, 15) is 0 Å². The standard InChI is InChI=1S/C7H9N2O/c1-6-4-9-3-2-8-7(9)5-10-6/h2-3,6H,1,4-5H2. The predicted molar refractivity (Wildman–Crippen MR) is 36.2 cm³/mol. The van der Waals surface area contributed by atoms with Crippen LogP contribution in [0, 0.1) is 6.92 Å². The molecule has 1 aromatic heterocycles. The number of fused-ring (bicyclic) bond motifs is 1. The van der Waals surface area contributed by atoms with Gasteiger partial charge in [0.1, 0.15) is 12.4 Å².